The summed E-state index contributed by atoms with van der Waals surface area (Å²) >= 11 is 0. The summed E-state index contributed by atoms with van der Waals surface area (Å²) in [6.07, 6.45) is 0.779. The van der Waals surface area contributed by atoms with E-state index in [4.69, 9.17) is 0 Å². The Kier molecular flexibility index (Phi) is 10.9. The quantitative estimate of drug-likeness (QED) is 0.157. The van der Waals surface area contributed by atoms with Crippen molar-refractivity contribution in [3.05, 3.63) is 208 Å². The molecule has 0 amide bonds. The first-order valence-corrected chi connectivity index (χ1v) is 17.6. The fourth-order valence-electron chi connectivity index (χ4n) is 6.93. The number of aromatic hydroxyl groups is 2. The zero-order valence-electron chi connectivity index (χ0n) is 30.3. The second-order valence-corrected chi connectivity index (χ2v) is 13.5. The lowest BCUT2D eigenvalue weighted by atomic mass is 9.94. The molecule has 0 saturated carbocycles. The molecule has 0 radical (unpaired) electrons. The SMILES string of the molecule is Cc1ccc(O)c(Cc2cc(C)cc(Cc3cc(C)ccc3O)c2[O-])c1.Cc1ccc([N+](c2ccccc2)(c2ccccc2)c2ccccc2)cc1. The van der Waals surface area contributed by atoms with E-state index in [2.05, 4.69) is 122 Å². The summed E-state index contributed by atoms with van der Waals surface area (Å²) < 4.78 is 0.558. The van der Waals surface area contributed by atoms with Crippen LogP contribution in [0.4, 0.5) is 22.7 Å². The topological polar surface area (TPSA) is 63.5 Å². The smallest absolute Gasteiger partial charge is 0.148 e. The van der Waals surface area contributed by atoms with Crippen LogP contribution in [0.2, 0.25) is 0 Å². The van der Waals surface area contributed by atoms with Crippen LogP contribution in [-0.2, 0) is 12.8 Å². The molecule has 0 aliphatic rings. The molecule has 0 aliphatic heterocycles. The van der Waals surface area contributed by atoms with Gasteiger partial charge in [-0.25, -0.2) is 0 Å². The molecule has 0 saturated heterocycles. The molecular formula is C48H45NO3. The lowest BCUT2D eigenvalue weighted by molar-refractivity contribution is -0.270. The zero-order valence-corrected chi connectivity index (χ0v) is 30.3. The number of aryl methyl sites for hydroxylation is 4. The Morgan fingerprint density at radius 1 is 0.385 bits per heavy atom. The van der Waals surface area contributed by atoms with Crippen molar-refractivity contribution in [1.29, 1.82) is 0 Å². The molecule has 4 nitrogen and oxygen atoms in total. The van der Waals surface area contributed by atoms with Gasteiger partial charge in [-0.3, -0.25) is 0 Å². The molecular weight excluding hydrogens is 639 g/mol. The van der Waals surface area contributed by atoms with Crippen LogP contribution in [0.3, 0.4) is 0 Å². The monoisotopic (exact) mass is 683 g/mol. The minimum absolute atomic E-state index is 0.0302. The Balaban J connectivity index is 0.000000179. The number of hydrogen-bond donors (Lipinski definition) is 2. The summed E-state index contributed by atoms with van der Waals surface area (Å²) in [5, 5.41) is 33.1. The third kappa shape index (κ3) is 7.78. The summed E-state index contributed by atoms with van der Waals surface area (Å²) in [6, 6.07) is 55.6. The van der Waals surface area contributed by atoms with Gasteiger partial charge < -0.3 is 15.3 Å². The van der Waals surface area contributed by atoms with Gasteiger partial charge in [0.05, 0.1) is 0 Å². The highest BCUT2D eigenvalue weighted by Gasteiger charge is 2.38. The fourth-order valence-corrected chi connectivity index (χ4v) is 6.93. The lowest BCUT2D eigenvalue weighted by Crippen LogP contribution is -2.33. The molecule has 7 aromatic rings. The van der Waals surface area contributed by atoms with Crippen LogP contribution >= 0.6 is 0 Å². The molecule has 0 aromatic heterocycles. The van der Waals surface area contributed by atoms with Crippen LogP contribution in [0.15, 0.2) is 164 Å². The molecule has 7 rings (SSSR count). The molecule has 0 atom stereocenters. The van der Waals surface area contributed by atoms with Gasteiger partial charge in [0.25, 0.3) is 0 Å². The molecule has 0 spiro atoms. The number of nitrogens with zero attached hydrogens (tertiary/aromatic N) is 1. The van der Waals surface area contributed by atoms with E-state index in [9.17, 15) is 15.3 Å². The van der Waals surface area contributed by atoms with Crippen LogP contribution in [0, 0.1) is 27.7 Å². The summed E-state index contributed by atoms with van der Waals surface area (Å²) in [4.78, 5) is 0. The molecule has 0 heterocycles. The van der Waals surface area contributed by atoms with E-state index in [0.29, 0.717) is 28.5 Å². The number of benzene rings is 7. The maximum Gasteiger partial charge on any atom is 0.148 e. The normalized spacial score (nSPS) is 11.1. The number of quaternary nitrogens is 1. The predicted molar refractivity (Wildman–Crippen MR) is 213 cm³/mol. The second kappa shape index (κ2) is 15.8. The number of rotatable bonds is 8. The number of phenols is 2. The summed E-state index contributed by atoms with van der Waals surface area (Å²) in [6.45, 7) is 8.01. The van der Waals surface area contributed by atoms with E-state index in [0.717, 1.165) is 27.8 Å². The Labute approximate surface area is 307 Å². The molecule has 260 valence electrons. The molecule has 2 N–H and O–H groups in total. The predicted octanol–water partition coefficient (Wildman–Crippen LogP) is 11.6. The van der Waals surface area contributed by atoms with Crippen molar-refractivity contribution in [3.8, 4) is 17.2 Å². The standard InChI is InChI=1S/C25H22N.C23H24O3/c1-21-17-19-25(20-18-21)26(22-11-5-2-6-12-22,23-13-7-3-8-14-23)24-15-9-4-10-16-24;1-14-4-6-21(24)17(8-14)12-19-10-16(3)11-20(23(19)26)13-18-9-15(2)5-7-22(18)25/h2-20H,1H3;4-11,24-26H,12-13H2,1-3H3/q+1;/p-1. The third-order valence-electron chi connectivity index (χ3n) is 9.47. The average Bonchev–Trinajstić information content (AvgIpc) is 3.16. The Hall–Kier alpha value is -6.10. The van der Waals surface area contributed by atoms with Crippen LogP contribution < -0.4 is 9.59 Å². The Bertz CT molecular complexity index is 2080. The number of para-hydroxylation sites is 3. The molecule has 4 heteroatoms. The van der Waals surface area contributed by atoms with Gasteiger partial charge >= 0.3 is 0 Å². The van der Waals surface area contributed by atoms with Gasteiger partial charge in [0.2, 0.25) is 0 Å². The van der Waals surface area contributed by atoms with Crippen molar-refractivity contribution in [1.82, 2.24) is 4.48 Å². The van der Waals surface area contributed by atoms with Gasteiger partial charge in [0.15, 0.2) is 0 Å². The van der Waals surface area contributed by atoms with Gasteiger partial charge in [-0.05, 0) is 51.0 Å². The first kappa shape index (κ1) is 35.7. The van der Waals surface area contributed by atoms with Crippen LogP contribution in [0.5, 0.6) is 17.2 Å². The molecule has 0 bridgehead atoms. The Morgan fingerprint density at radius 3 is 1.10 bits per heavy atom. The highest BCUT2D eigenvalue weighted by Crippen LogP contribution is 2.51. The van der Waals surface area contributed by atoms with E-state index in [1.54, 1.807) is 12.1 Å². The van der Waals surface area contributed by atoms with Gasteiger partial charge in [-0.15, -0.1) is 5.75 Å². The number of phenolic OH excluding ortho intramolecular Hbond substituents is 2. The largest absolute Gasteiger partial charge is 0.872 e. The van der Waals surface area contributed by atoms with E-state index in [-0.39, 0.29) is 17.2 Å². The van der Waals surface area contributed by atoms with Crippen molar-refractivity contribution in [3.63, 3.8) is 0 Å². The highest BCUT2D eigenvalue weighted by molar-refractivity contribution is 5.81. The average molecular weight is 684 g/mol. The van der Waals surface area contributed by atoms with Crippen molar-refractivity contribution in [2.45, 2.75) is 40.5 Å². The van der Waals surface area contributed by atoms with Crippen LogP contribution in [-0.4, -0.2) is 10.2 Å². The van der Waals surface area contributed by atoms with Gasteiger partial charge in [0.1, 0.15) is 34.2 Å². The first-order chi connectivity index (χ1) is 25.1. The Morgan fingerprint density at radius 2 is 0.712 bits per heavy atom. The first-order valence-electron chi connectivity index (χ1n) is 17.6. The van der Waals surface area contributed by atoms with Crippen LogP contribution in [0.1, 0.15) is 44.5 Å². The third-order valence-corrected chi connectivity index (χ3v) is 9.47. The number of hydrogen-bond acceptors (Lipinski definition) is 3. The summed E-state index contributed by atoms with van der Waals surface area (Å²) in [5.41, 5.74) is 12.0. The lowest BCUT2D eigenvalue weighted by Gasteiger charge is -2.37. The molecule has 52 heavy (non-hydrogen) atoms. The minimum atomic E-state index is -0.0302. The van der Waals surface area contributed by atoms with Crippen molar-refractivity contribution in [2.75, 3.05) is 0 Å². The van der Waals surface area contributed by atoms with E-state index in [1.807, 2.05) is 57.2 Å². The zero-order chi connectivity index (χ0) is 36.7. The van der Waals surface area contributed by atoms with Crippen molar-refractivity contribution >= 4 is 22.7 Å². The van der Waals surface area contributed by atoms with Gasteiger partial charge in [-0.1, -0.05) is 137 Å². The molecule has 7 aromatic carbocycles. The maximum absolute atomic E-state index is 13.0. The molecule has 0 aliphatic carbocycles. The van der Waals surface area contributed by atoms with Crippen molar-refractivity contribution < 1.29 is 15.3 Å². The van der Waals surface area contributed by atoms with Gasteiger partial charge in [-0.2, -0.15) is 4.48 Å². The van der Waals surface area contributed by atoms with Crippen LogP contribution in [0.25, 0.3) is 0 Å². The van der Waals surface area contributed by atoms with E-state index < -0.39 is 0 Å². The molecule has 0 fully saturated rings. The highest BCUT2D eigenvalue weighted by atomic mass is 16.3. The van der Waals surface area contributed by atoms with E-state index >= 15 is 0 Å². The second-order valence-electron chi connectivity index (χ2n) is 13.5. The minimum Gasteiger partial charge on any atom is -0.872 e. The van der Waals surface area contributed by atoms with E-state index in [1.165, 1.54) is 28.3 Å². The fraction of sp³-hybridized carbons (Fsp3) is 0.125. The van der Waals surface area contributed by atoms with Gasteiger partial charge in [0, 0.05) is 61.4 Å². The maximum atomic E-state index is 13.0. The summed E-state index contributed by atoms with van der Waals surface area (Å²) in [5.74, 6) is 0.376. The molecule has 0 unspecified atom stereocenters. The van der Waals surface area contributed by atoms with Crippen molar-refractivity contribution in [2.24, 2.45) is 0 Å². The summed E-state index contributed by atoms with van der Waals surface area (Å²) in [7, 11) is 0.